The molecule has 4 nitrogen and oxygen atoms in total. The fourth-order valence-corrected chi connectivity index (χ4v) is 3.62. The number of ether oxygens (including phenoxy) is 2. The van der Waals surface area contributed by atoms with Crippen molar-refractivity contribution in [3.8, 4) is 5.75 Å². The Balaban J connectivity index is 2.05. The molecule has 0 heterocycles. The number of benzene rings is 1. The summed E-state index contributed by atoms with van der Waals surface area (Å²) < 4.78 is 11.9. The molecule has 0 aliphatic heterocycles. The summed E-state index contributed by atoms with van der Waals surface area (Å²) in [6, 6.07) is 5.85. The van der Waals surface area contributed by atoms with Crippen molar-refractivity contribution >= 4 is 11.6 Å². The molecule has 1 fully saturated rings. The zero-order valence-corrected chi connectivity index (χ0v) is 16.4. The molecule has 0 unspecified atom stereocenters. The Labute approximate surface area is 152 Å². The van der Waals surface area contributed by atoms with Crippen LogP contribution in [0.2, 0.25) is 0 Å². The van der Waals surface area contributed by atoms with Gasteiger partial charge in [0.2, 0.25) is 0 Å². The second-order valence-corrected chi connectivity index (χ2v) is 7.72. The van der Waals surface area contributed by atoms with E-state index in [1.54, 1.807) is 0 Å². The number of hydrogen-bond donors (Lipinski definition) is 1. The third kappa shape index (κ3) is 5.46. The van der Waals surface area contributed by atoms with Crippen molar-refractivity contribution < 1.29 is 14.3 Å². The minimum Gasteiger partial charge on any atom is -0.490 e. The quantitative estimate of drug-likeness (QED) is 0.712. The van der Waals surface area contributed by atoms with E-state index in [9.17, 15) is 4.79 Å². The molecular formula is C21H33NO3. The molecule has 4 heteroatoms. The maximum atomic E-state index is 12.8. The number of carbonyl (C=O) groups excluding carboxylic acids is 1. The predicted molar refractivity (Wildman–Crippen MR) is 102 cm³/mol. The van der Waals surface area contributed by atoms with Gasteiger partial charge in [-0.05, 0) is 82.6 Å². The van der Waals surface area contributed by atoms with Gasteiger partial charge in [-0.15, -0.1) is 0 Å². The first-order valence-electron chi connectivity index (χ1n) is 9.56. The standard InChI is InChI=1S/C21H33NO3/c1-6-24-21(5,14-15(2)3)20(23)22-17-11-12-19(16(4)13-17)25-18-9-7-8-10-18/h11-13,15,18H,6-10,14H2,1-5H3,(H,22,23)/t21-/m1/s1. The molecule has 0 aromatic heterocycles. The summed E-state index contributed by atoms with van der Waals surface area (Å²) in [5, 5.41) is 3.01. The first-order valence-corrected chi connectivity index (χ1v) is 9.56. The van der Waals surface area contributed by atoms with E-state index in [4.69, 9.17) is 9.47 Å². The zero-order valence-electron chi connectivity index (χ0n) is 16.4. The summed E-state index contributed by atoms with van der Waals surface area (Å²) in [5.74, 6) is 1.21. The van der Waals surface area contributed by atoms with Crippen LogP contribution in [0.5, 0.6) is 5.75 Å². The van der Waals surface area contributed by atoms with E-state index in [0.29, 0.717) is 25.0 Å². The van der Waals surface area contributed by atoms with E-state index in [0.717, 1.165) is 29.8 Å². The Kier molecular flexibility index (Phi) is 6.88. The van der Waals surface area contributed by atoms with E-state index < -0.39 is 5.60 Å². The van der Waals surface area contributed by atoms with E-state index in [2.05, 4.69) is 19.2 Å². The number of nitrogens with one attached hydrogen (secondary N) is 1. The van der Waals surface area contributed by atoms with Gasteiger partial charge in [-0.3, -0.25) is 4.79 Å². The number of hydrogen-bond acceptors (Lipinski definition) is 3. The van der Waals surface area contributed by atoms with E-state index in [1.807, 2.05) is 39.0 Å². The average Bonchev–Trinajstić information content (AvgIpc) is 3.02. The lowest BCUT2D eigenvalue weighted by Crippen LogP contribution is -2.44. The molecule has 0 spiro atoms. The second-order valence-electron chi connectivity index (χ2n) is 7.72. The van der Waals surface area contributed by atoms with Crippen molar-refractivity contribution in [3.63, 3.8) is 0 Å². The molecule has 1 aromatic rings. The normalized spacial score (nSPS) is 17.5. The zero-order chi connectivity index (χ0) is 18.4. The van der Waals surface area contributed by atoms with E-state index in [-0.39, 0.29) is 5.91 Å². The van der Waals surface area contributed by atoms with Crippen LogP contribution in [0.1, 0.15) is 65.4 Å². The summed E-state index contributed by atoms with van der Waals surface area (Å²) in [5.41, 5.74) is 1.03. The molecule has 1 aliphatic carbocycles. The van der Waals surface area contributed by atoms with Gasteiger partial charge in [-0.2, -0.15) is 0 Å². The van der Waals surface area contributed by atoms with Crippen LogP contribution in [0.15, 0.2) is 18.2 Å². The fourth-order valence-electron chi connectivity index (χ4n) is 3.62. The van der Waals surface area contributed by atoms with Gasteiger partial charge in [-0.1, -0.05) is 13.8 Å². The minimum atomic E-state index is -0.810. The van der Waals surface area contributed by atoms with Crippen LogP contribution in [0.4, 0.5) is 5.69 Å². The Morgan fingerprint density at radius 1 is 1.32 bits per heavy atom. The SMILES string of the molecule is CCO[C@](C)(CC(C)C)C(=O)Nc1ccc(OC2CCCC2)c(C)c1. The number of carbonyl (C=O) groups is 1. The van der Waals surface area contributed by atoms with Gasteiger partial charge < -0.3 is 14.8 Å². The van der Waals surface area contributed by atoms with Crippen LogP contribution in [0.3, 0.4) is 0 Å². The highest BCUT2D eigenvalue weighted by Gasteiger charge is 2.34. The summed E-state index contributed by atoms with van der Waals surface area (Å²) in [4.78, 5) is 12.8. The van der Waals surface area contributed by atoms with Crippen molar-refractivity contribution in [1.29, 1.82) is 0 Å². The van der Waals surface area contributed by atoms with Crippen LogP contribution >= 0.6 is 0 Å². The molecule has 140 valence electrons. The van der Waals surface area contributed by atoms with Gasteiger partial charge in [0.05, 0.1) is 6.10 Å². The maximum absolute atomic E-state index is 12.8. The third-order valence-electron chi connectivity index (χ3n) is 4.77. The van der Waals surface area contributed by atoms with Crippen molar-refractivity contribution in [2.24, 2.45) is 5.92 Å². The molecule has 2 rings (SSSR count). The topological polar surface area (TPSA) is 47.6 Å². The molecule has 1 N–H and O–H groups in total. The lowest BCUT2D eigenvalue weighted by Gasteiger charge is -2.30. The molecule has 25 heavy (non-hydrogen) atoms. The highest BCUT2D eigenvalue weighted by atomic mass is 16.5. The van der Waals surface area contributed by atoms with Crippen molar-refractivity contribution in [2.75, 3.05) is 11.9 Å². The lowest BCUT2D eigenvalue weighted by molar-refractivity contribution is -0.140. The summed E-state index contributed by atoms with van der Waals surface area (Å²) in [6.07, 6.45) is 5.81. The van der Waals surface area contributed by atoms with Crippen molar-refractivity contribution in [1.82, 2.24) is 0 Å². The van der Waals surface area contributed by atoms with Gasteiger partial charge in [-0.25, -0.2) is 0 Å². The van der Waals surface area contributed by atoms with Gasteiger partial charge in [0.25, 0.3) is 5.91 Å². The van der Waals surface area contributed by atoms with Gasteiger partial charge in [0.1, 0.15) is 11.4 Å². The Morgan fingerprint density at radius 3 is 2.56 bits per heavy atom. The summed E-state index contributed by atoms with van der Waals surface area (Å²) >= 11 is 0. The smallest absolute Gasteiger partial charge is 0.256 e. The highest BCUT2D eigenvalue weighted by Crippen LogP contribution is 2.29. The molecular weight excluding hydrogens is 314 g/mol. The Bertz CT molecular complexity index is 579. The number of rotatable bonds is 8. The number of amides is 1. The third-order valence-corrected chi connectivity index (χ3v) is 4.77. The Morgan fingerprint density at radius 2 is 2.00 bits per heavy atom. The van der Waals surface area contributed by atoms with Gasteiger partial charge >= 0.3 is 0 Å². The van der Waals surface area contributed by atoms with Crippen molar-refractivity contribution in [2.45, 2.75) is 78.4 Å². The molecule has 1 aliphatic rings. The van der Waals surface area contributed by atoms with Crippen LogP contribution < -0.4 is 10.1 Å². The highest BCUT2D eigenvalue weighted by molar-refractivity contribution is 5.97. The number of aryl methyl sites for hydroxylation is 1. The molecule has 0 saturated heterocycles. The lowest BCUT2D eigenvalue weighted by atomic mass is 9.93. The molecule has 1 amide bonds. The first kappa shape index (κ1) is 19.8. The fraction of sp³-hybridized carbons (Fsp3) is 0.667. The van der Waals surface area contributed by atoms with Crippen LogP contribution in [-0.4, -0.2) is 24.2 Å². The monoisotopic (exact) mass is 347 g/mol. The second kappa shape index (κ2) is 8.70. The average molecular weight is 347 g/mol. The van der Waals surface area contributed by atoms with Gasteiger partial charge in [0, 0.05) is 12.3 Å². The summed E-state index contributed by atoms with van der Waals surface area (Å²) in [7, 11) is 0. The summed E-state index contributed by atoms with van der Waals surface area (Å²) in [6.45, 7) is 10.5. The predicted octanol–water partition coefficient (Wildman–Crippen LogP) is 5.10. The van der Waals surface area contributed by atoms with Crippen LogP contribution in [0, 0.1) is 12.8 Å². The van der Waals surface area contributed by atoms with Crippen LogP contribution in [0.25, 0.3) is 0 Å². The molecule has 1 atom stereocenters. The van der Waals surface area contributed by atoms with E-state index in [1.165, 1.54) is 12.8 Å². The van der Waals surface area contributed by atoms with Gasteiger partial charge in [0.15, 0.2) is 0 Å². The molecule has 1 saturated carbocycles. The minimum absolute atomic E-state index is 0.0908. The van der Waals surface area contributed by atoms with E-state index >= 15 is 0 Å². The number of anilines is 1. The van der Waals surface area contributed by atoms with Crippen LogP contribution in [-0.2, 0) is 9.53 Å². The van der Waals surface area contributed by atoms with Crippen molar-refractivity contribution in [3.05, 3.63) is 23.8 Å². The maximum Gasteiger partial charge on any atom is 0.256 e. The first-order chi connectivity index (χ1) is 11.8. The molecule has 1 aromatic carbocycles. The largest absolute Gasteiger partial charge is 0.490 e. The molecule has 0 radical (unpaired) electrons. The molecule has 0 bridgehead atoms. The Hall–Kier alpha value is -1.55.